The minimum atomic E-state index is 0.466. The Labute approximate surface area is 99.2 Å². The molecule has 1 aromatic carbocycles. The molecule has 2 aromatic rings. The first kappa shape index (κ1) is 10.8. The van der Waals surface area contributed by atoms with Crippen LogP contribution in [-0.2, 0) is 12.8 Å². The Morgan fingerprint density at radius 2 is 2.06 bits per heavy atom. The van der Waals surface area contributed by atoms with E-state index in [1.807, 2.05) is 18.2 Å². The van der Waals surface area contributed by atoms with Crippen molar-refractivity contribution >= 4 is 11.3 Å². The van der Waals surface area contributed by atoms with Gasteiger partial charge in [-0.2, -0.15) is 5.26 Å². The van der Waals surface area contributed by atoms with Gasteiger partial charge in [-0.3, -0.25) is 0 Å². The summed E-state index contributed by atoms with van der Waals surface area (Å²) in [5.41, 5.74) is 2.19. The molecule has 0 unspecified atom stereocenters. The number of hydrogen-bond acceptors (Lipinski definition) is 3. The molecule has 0 saturated carbocycles. The van der Waals surface area contributed by atoms with Gasteiger partial charge in [0, 0.05) is 10.4 Å². The third-order valence-corrected chi connectivity index (χ3v) is 3.52. The zero-order chi connectivity index (χ0) is 11.4. The molecule has 0 fully saturated rings. The Morgan fingerprint density at radius 1 is 1.31 bits per heavy atom. The van der Waals surface area contributed by atoms with Crippen LogP contribution < -0.4 is 0 Å². The normalized spacial score (nSPS) is 10.0. The van der Waals surface area contributed by atoms with Crippen molar-refractivity contribution in [2.75, 3.05) is 0 Å². The van der Waals surface area contributed by atoms with Crippen LogP contribution in [-0.4, -0.2) is 4.98 Å². The molecule has 2 rings (SSSR count). The molecule has 1 aromatic heterocycles. The van der Waals surface area contributed by atoms with E-state index in [4.69, 9.17) is 5.26 Å². The lowest BCUT2D eigenvalue weighted by molar-refractivity contribution is 1.03. The summed E-state index contributed by atoms with van der Waals surface area (Å²) in [4.78, 5) is 5.69. The summed E-state index contributed by atoms with van der Waals surface area (Å²) in [6, 6.07) is 12.3. The van der Waals surface area contributed by atoms with Gasteiger partial charge in [-0.15, -0.1) is 11.3 Å². The molecular formula is C13H12N2S. The van der Waals surface area contributed by atoms with Gasteiger partial charge < -0.3 is 0 Å². The van der Waals surface area contributed by atoms with Crippen LogP contribution in [0, 0.1) is 11.3 Å². The van der Waals surface area contributed by atoms with Gasteiger partial charge in [0.15, 0.2) is 0 Å². The monoisotopic (exact) mass is 228 g/mol. The second-order valence-electron chi connectivity index (χ2n) is 3.44. The zero-order valence-corrected chi connectivity index (χ0v) is 9.92. The van der Waals surface area contributed by atoms with Crippen molar-refractivity contribution in [3.8, 4) is 16.6 Å². The summed E-state index contributed by atoms with van der Waals surface area (Å²) in [5, 5.41) is 9.76. The van der Waals surface area contributed by atoms with E-state index < -0.39 is 0 Å². The Hall–Kier alpha value is -1.66. The predicted molar refractivity (Wildman–Crippen MR) is 66.2 cm³/mol. The van der Waals surface area contributed by atoms with Crippen LogP contribution in [0.15, 0.2) is 30.3 Å². The third kappa shape index (κ3) is 2.12. The maximum Gasteiger partial charge on any atom is 0.123 e. The van der Waals surface area contributed by atoms with Gasteiger partial charge in [0.2, 0.25) is 0 Å². The molecule has 1 heterocycles. The summed E-state index contributed by atoms with van der Waals surface area (Å²) >= 11 is 1.63. The first-order chi connectivity index (χ1) is 7.85. The molecule has 0 aliphatic rings. The summed E-state index contributed by atoms with van der Waals surface area (Å²) in [7, 11) is 0. The van der Waals surface area contributed by atoms with Crippen LogP contribution in [0.4, 0.5) is 0 Å². The molecule has 0 aliphatic carbocycles. The fourth-order valence-corrected chi connectivity index (χ4v) is 2.66. The van der Waals surface area contributed by atoms with E-state index in [2.05, 4.69) is 30.1 Å². The van der Waals surface area contributed by atoms with E-state index in [0.717, 1.165) is 27.6 Å². The number of aromatic nitrogens is 1. The highest BCUT2D eigenvalue weighted by atomic mass is 32.1. The van der Waals surface area contributed by atoms with Crippen molar-refractivity contribution in [2.24, 2.45) is 0 Å². The quantitative estimate of drug-likeness (QED) is 0.807. The lowest BCUT2D eigenvalue weighted by Gasteiger charge is -1.92. The number of rotatable bonds is 3. The van der Waals surface area contributed by atoms with Gasteiger partial charge in [0.25, 0.3) is 0 Å². The van der Waals surface area contributed by atoms with E-state index in [9.17, 15) is 0 Å². The highest BCUT2D eigenvalue weighted by Gasteiger charge is 2.10. The van der Waals surface area contributed by atoms with Gasteiger partial charge in [-0.1, -0.05) is 37.3 Å². The summed E-state index contributed by atoms with van der Waals surface area (Å²) in [5.74, 6) is 0. The molecule has 0 spiro atoms. The maximum absolute atomic E-state index is 8.75. The van der Waals surface area contributed by atoms with Crippen molar-refractivity contribution in [3.63, 3.8) is 0 Å². The van der Waals surface area contributed by atoms with Crippen LogP contribution >= 0.6 is 11.3 Å². The SMILES string of the molecule is CCc1nc(-c2ccccc2)sc1CC#N. The fourth-order valence-electron chi connectivity index (χ4n) is 1.57. The third-order valence-electron chi connectivity index (χ3n) is 2.37. The Bertz CT molecular complexity index is 508. The number of hydrogen-bond donors (Lipinski definition) is 0. The van der Waals surface area contributed by atoms with Crippen LogP contribution in [0.1, 0.15) is 17.5 Å². The second-order valence-corrected chi connectivity index (χ2v) is 4.53. The summed E-state index contributed by atoms with van der Waals surface area (Å²) in [6.45, 7) is 2.07. The standard InChI is InChI=1S/C13H12N2S/c1-2-11-12(8-9-14)16-13(15-11)10-6-4-3-5-7-10/h3-7H,2,8H2,1H3. The minimum Gasteiger partial charge on any atom is -0.241 e. The van der Waals surface area contributed by atoms with E-state index in [1.165, 1.54) is 0 Å². The number of nitrogens with zero attached hydrogens (tertiary/aromatic N) is 2. The summed E-state index contributed by atoms with van der Waals surface area (Å²) < 4.78 is 0. The van der Waals surface area contributed by atoms with E-state index >= 15 is 0 Å². The lowest BCUT2D eigenvalue weighted by atomic mass is 10.2. The lowest BCUT2D eigenvalue weighted by Crippen LogP contribution is -1.86. The molecule has 0 aliphatic heterocycles. The van der Waals surface area contributed by atoms with Crippen LogP contribution in [0.5, 0.6) is 0 Å². The Balaban J connectivity index is 2.41. The number of thiazole rings is 1. The van der Waals surface area contributed by atoms with Crippen molar-refractivity contribution in [2.45, 2.75) is 19.8 Å². The molecular weight excluding hydrogens is 216 g/mol. The molecule has 0 bridgehead atoms. The zero-order valence-electron chi connectivity index (χ0n) is 9.10. The molecule has 16 heavy (non-hydrogen) atoms. The van der Waals surface area contributed by atoms with Crippen molar-refractivity contribution in [3.05, 3.63) is 40.9 Å². The Morgan fingerprint density at radius 3 is 2.69 bits per heavy atom. The van der Waals surface area contributed by atoms with Gasteiger partial charge in [-0.25, -0.2) is 4.98 Å². The van der Waals surface area contributed by atoms with Crippen molar-refractivity contribution < 1.29 is 0 Å². The molecule has 3 heteroatoms. The van der Waals surface area contributed by atoms with Gasteiger partial charge in [0.1, 0.15) is 5.01 Å². The first-order valence-corrected chi connectivity index (χ1v) is 6.07. The molecule has 80 valence electrons. The summed E-state index contributed by atoms with van der Waals surface area (Å²) in [6.07, 6.45) is 1.36. The number of nitriles is 1. The number of benzene rings is 1. The Kier molecular flexibility index (Phi) is 3.33. The van der Waals surface area contributed by atoms with E-state index in [0.29, 0.717) is 6.42 Å². The largest absolute Gasteiger partial charge is 0.241 e. The highest BCUT2D eigenvalue weighted by Crippen LogP contribution is 2.28. The predicted octanol–water partition coefficient (Wildman–Crippen LogP) is 3.44. The molecule has 0 saturated heterocycles. The fraction of sp³-hybridized carbons (Fsp3) is 0.231. The van der Waals surface area contributed by atoms with Crippen molar-refractivity contribution in [1.82, 2.24) is 4.98 Å². The van der Waals surface area contributed by atoms with Gasteiger partial charge in [0.05, 0.1) is 18.2 Å². The average molecular weight is 228 g/mol. The van der Waals surface area contributed by atoms with Gasteiger partial charge >= 0.3 is 0 Å². The second kappa shape index (κ2) is 4.91. The highest BCUT2D eigenvalue weighted by molar-refractivity contribution is 7.15. The van der Waals surface area contributed by atoms with Crippen LogP contribution in [0.25, 0.3) is 10.6 Å². The first-order valence-electron chi connectivity index (χ1n) is 5.26. The average Bonchev–Trinajstić information content (AvgIpc) is 2.74. The molecule has 0 N–H and O–H groups in total. The van der Waals surface area contributed by atoms with Gasteiger partial charge in [-0.05, 0) is 6.42 Å². The topological polar surface area (TPSA) is 36.7 Å². The maximum atomic E-state index is 8.75. The van der Waals surface area contributed by atoms with Crippen LogP contribution in [0.2, 0.25) is 0 Å². The molecule has 0 atom stereocenters. The smallest absolute Gasteiger partial charge is 0.123 e. The molecule has 0 amide bonds. The van der Waals surface area contributed by atoms with E-state index in [-0.39, 0.29) is 0 Å². The molecule has 0 radical (unpaired) electrons. The molecule has 2 nitrogen and oxygen atoms in total. The van der Waals surface area contributed by atoms with E-state index in [1.54, 1.807) is 11.3 Å². The minimum absolute atomic E-state index is 0.466. The van der Waals surface area contributed by atoms with Crippen LogP contribution in [0.3, 0.4) is 0 Å². The van der Waals surface area contributed by atoms with Crippen molar-refractivity contribution in [1.29, 1.82) is 5.26 Å². The number of aryl methyl sites for hydroxylation is 1.